The van der Waals surface area contributed by atoms with Crippen LogP contribution in [-0.2, 0) is 19.1 Å². The van der Waals surface area contributed by atoms with Crippen LogP contribution in [0.2, 0.25) is 0 Å². The Morgan fingerprint density at radius 3 is 2.27 bits per heavy atom. The van der Waals surface area contributed by atoms with Crippen LogP contribution >= 0.6 is 0 Å². The van der Waals surface area contributed by atoms with Crippen molar-refractivity contribution in [2.75, 3.05) is 13.2 Å². The molecule has 2 N–H and O–H groups in total. The summed E-state index contributed by atoms with van der Waals surface area (Å²) in [6.07, 6.45) is 2.60. The number of amides is 4. The quantitative estimate of drug-likeness (QED) is 0.258. The molecule has 236 valence electrons. The van der Waals surface area contributed by atoms with Crippen molar-refractivity contribution in [2.24, 2.45) is 5.41 Å². The predicted octanol–water partition coefficient (Wildman–Crippen LogP) is 4.83. The van der Waals surface area contributed by atoms with Gasteiger partial charge in [0.15, 0.2) is 12.8 Å². The maximum Gasteiger partial charge on any atom is 0.338 e. The van der Waals surface area contributed by atoms with E-state index in [1.54, 1.807) is 12.1 Å². The lowest BCUT2D eigenvalue weighted by molar-refractivity contribution is -0.191. The van der Waals surface area contributed by atoms with E-state index in [9.17, 15) is 29.1 Å². The molecule has 0 bridgehead atoms. The summed E-state index contributed by atoms with van der Waals surface area (Å²) in [5.74, 6) is -2.33. The SMILES string of the molecule is CCC[C@H](NC(=O)N1C(=O)C(CC)(CC)[C@@H]1Oc1ccc(C(=O)OCC(=O)N2CCC[C@H]2C(=O)O)cc1)c1ccc(C)cc1. The number of carbonyl (C=O) groups is 5. The third kappa shape index (κ3) is 6.56. The van der Waals surface area contributed by atoms with E-state index in [4.69, 9.17) is 9.47 Å². The minimum Gasteiger partial charge on any atom is -0.480 e. The summed E-state index contributed by atoms with van der Waals surface area (Å²) >= 11 is 0. The van der Waals surface area contributed by atoms with E-state index in [-0.39, 0.29) is 17.5 Å². The standard InChI is InChI=1S/C33H41N3O8/c1-5-9-25(22-13-11-21(4)12-14-22)34-32(42)36-30(41)33(6-2,7-3)31(36)44-24-17-15-23(16-18-24)29(40)43-20-27(37)35-19-8-10-26(35)28(38)39/h11-18,25-26,31H,5-10,19-20H2,1-4H3,(H,34,42)(H,38,39)/t25-,26-,31-/m0/s1. The van der Waals surface area contributed by atoms with E-state index in [0.717, 1.165) is 22.4 Å². The fourth-order valence-electron chi connectivity index (χ4n) is 5.94. The van der Waals surface area contributed by atoms with E-state index in [2.05, 4.69) is 5.32 Å². The Labute approximate surface area is 257 Å². The number of carbonyl (C=O) groups excluding carboxylic acids is 4. The van der Waals surface area contributed by atoms with Gasteiger partial charge in [0.05, 0.1) is 11.6 Å². The van der Waals surface area contributed by atoms with Crippen LogP contribution in [0.25, 0.3) is 0 Å². The number of nitrogens with one attached hydrogen (secondary N) is 1. The average Bonchev–Trinajstić information content (AvgIpc) is 3.52. The van der Waals surface area contributed by atoms with Gasteiger partial charge in [0.2, 0.25) is 5.91 Å². The highest BCUT2D eigenvalue weighted by molar-refractivity contribution is 6.03. The maximum atomic E-state index is 13.5. The largest absolute Gasteiger partial charge is 0.480 e. The minimum atomic E-state index is -1.08. The molecule has 2 fully saturated rings. The van der Waals surface area contributed by atoms with Crippen molar-refractivity contribution in [1.29, 1.82) is 0 Å². The van der Waals surface area contributed by atoms with Gasteiger partial charge in [-0.1, -0.05) is 57.0 Å². The monoisotopic (exact) mass is 607 g/mol. The number of β-lactam (4-membered cyclic amide) rings is 1. The number of carboxylic acids is 1. The van der Waals surface area contributed by atoms with Crippen molar-refractivity contribution in [3.8, 4) is 5.75 Å². The highest BCUT2D eigenvalue weighted by atomic mass is 16.5. The molecule has 0 saturated carbocycles. The first-order chi connectivity index (χ1) is 21.1. The second kappa shape index (κ2) is 13.9. The van der Waals surface area contributed by atoms with Crippen LogP contribution in [0, 0.1) is 12.3 Å². The Kier molecular flexibility index (Phi) is 10.3. The average molecular weight is 608 g/mol. The highest BCUT2D eigenvalue weighted by Crippen LogP contribution is 2.46. The van der Waals surface area contributed by atoms with E-state index < -0.39 is 48.2 Å². The van der Waals surface area contributed by atoms with Gasteiger partial charge in [-0.25, -0.2) is 19.3 Å². The van der Waals surface area contributed by atoms with E-state index >= 15 is 0 Å². The number of benzene rings is 2. The second-order valence-electron chi connectivity index (χ2n) is 11.4. The normalized spacial score (nSPS) is 19.6. The predicted molar refractivity (Wildman–Crippen MR) is 161 cm³/mol. The molecule has 2 saturated heterocycles. The zero-order valence-electron chi connectivity index (χ0n) is 25.7. The molecule has 4 rings (SSSR count). The van der Waals surface area contributed by atoms with Gasteiger partial charge in [0.1, 0.15) is 17.2 Å². The molecule has 11 nitrogen and oxygen atoms in total. The summed E-state index contributed by atoms with van der Waals surface area (Å²) < 4.78 is 11.4. The topological polar surface area (TPSA) is 143 Å². The summed E-state index contributed by atoms with van der Waals surface area (Å²) in [5.41, 5.74) is 1.36. The second-order valence-corrected chi connectivity index (χ2v) is 11.4. The molecule has 44 heavy (non-hydrogen) atoms. The summed E-state index contributed by atoms with van der Waals surface area (Å²) in [4.78, 5) is 65.6. The number of aryl methyl sites for hydroxylation is 1. The van der Waals surface area contributed by atoms with Gasteiger partial charge in [-0.3, -0.25) is 9.59 Å². The first-order valence-corrected chi connectivity index (χ1v) is 15.2. The Bertz CT molecular complexity index is 1370. The molecular formula is C33H41N3O8. The molecule has 0 aliphatic carbocycles. The zero-order valence-corrected chi connectivity index (χ0v) is 25.7. The van der Waals surface area contributed by atoms with Gasteiger partial charge in [-0.2, -0.15) is 0 Å². The molecule has 2 aromatic carbocycles. The van der Waals surface area contributed by atoms with Crippen molar-refractivity contribution in [1.82, 2.24) is 15.1 Å². The van der Waals surface area contributed by atoms with Crippen molar-refractivity contribution >= 4 is 29.8 Å². The lowest BCUT2D eigenvalue weighted by Crippen LogP contribution is -2.73. The molecule has 0 unspecified atom stereocenters. The number of imide groups is 1. The van der Waals surface area contributed by atoms with Crippen molar-refractivity contribution in [3.63, 3.8) is 0 Å². The number of rotatable bonds is 12. The number of nitrogens with zero attached hydrogens (tertiary/aromatic N) is 2. The number of hydrogen-bond donors (Lipinski definition) is 2. The molecule has 2 aliphatic heterocycles. The van der Waals surface area contributed by atoms with Crippen LogP contribution in [0.4, 0.5) is 4.79 Å². The smallest absolute Gasteiger partial charge is 0.338 e. The maximum absolute atomic E-state index is 13.5. The van der Waals surface area contributed by atoms with Gasteiger partial charge in [-0.05, 0) is 68.9 Å². The van der Waals surface area contributed by atoms with E-state index in [1.165, 1.54) is 17.0 Å². The molecule has 0 aromatic heterocycles. The fourth-order valence-corrected chi connectivity index (χ4v) is 5.94. The molecule has 0 spiro atoms. The number of ether oxygens (including phenoxy) is 2. The zero-order chi connectivity index (χ0) is 32.0. The third-order valence-corrected chi connectivity index (χ3v) is 8.71. The molecule has 11 heteroatoms. The van der Waals surface area contributed by atoms with Gasteiger partial charge in [0.25, 0.3) is 5.91 Å². The van der Waals surface area contributed by atoms with Gasteiger partial charge in [-0.15, -0.1) is 0 Å². The van der Waals surface area contributed by atoms with Crippen LogP contribution in [0.5, 0.6) is 5.75 Å². The van der Waals surface area contributed by atoms with Gasteiger partial charge in [0, 0.05) is 6.54 Å². The first-order valence-electron chi connectivity index (χ1n) is 15.2. The summed E-state index contributed by atoms with van der Waals surface area (Å²) in [7, 11) is 0. The summed E-state index contributed by atoms with van der Waals surface area (Å²) in [6, 6.07) is 12.3. The van der Waals surface area contributed by atoms with Crippen LogP contribution in [-0.4, -0.2) is 70.1 Å². The fraction of sp³-hybridized carbons (Fsp3) is 0.485. The highest BCUT2D eigenvalue weighted by Gasteiger charge is 2.63. The Morgan fingerprint density at radius 2 is 1.68 bits per heavy atom. The number of urea groups is 1. The van der Waals surface area contributed by atoms with Crippen LogP contribution < -0.4 is 10.1 Å². The van der Waals surface area contributed by atoms with Gasteiger partial charge < -0.3 is 24.8 Å². The Balaban J connectivity index is 1.42. The lowest BCUT2D eigenvalue weighted by atomic mass is 9.72. The number of hydrogen-bond acceptors (Lipinski definition) is 7. The van der Waals surface area contributed by atoms with E-state index in [0.29, 0.717) is 44.4 Å². The van der Waals surface area contributed by atoms with Crippen molar-refractivity contribution in [2.45, 2.75) is 84.5 Å². The molecule has 2 aromatic rings. The summed E-state index contributed by atoms with van der Waals surface area (Å²) in [6.45, 7) is 7.55. The minimum absolute atomic E-state index is 0.165. The first kappa shape index (κ1) is 32.5. The van der Waals surface area contributed by atoms with E-state index in [1.807, 2.05) is 52.0 Å². The molecule has 0 radical (unpaired) electrons. The number of esters is 1. The Hall–Kier alpha value is -4.41. The number of aliphatic carboxylic acids is 1. The molecule has 4 amide bonds. The summed E-state index contributed by atoms with van der Waals surface area (Å²) in [5, 5.41) is 12.3. The lowest BCUT2D eigenvalue weighted by Gasteiger charge is -2.53. The molecular weight excluding hydrogens is 566 g/mol. The number of carboxylic acid groups (broad SMARTS) is 1. The van der Waals surface area contributed by atoms with Crippen molar-refractivity contribution in [3.05, 3.63) is 65.2 Å². The van der Waals surface area contributed by atoms with Crippen LogP contribution in [0.1, 0.15) is 86.8 Å². The van der Waals surface area contributed by atoms with Crippen molar-refractivity contribution < 1.29 is 38.6 Å². The third-order valence-electron chi connectivity index (χ3n) is 8.71. The van der Waals surface area contributed by atoms with Crippen LogP contribution in [0.15, 0.2) is 48.5 Å². The van der Waals surface area contributed by atoms with Crippen LogP contribution in [0.3, 0.4) is 0 Å². The Morgan fingerprint density at radius 1 is 1.02 bits per heavy atom. The molecule has 3 atom stereocenters. The molecule has 2 aliphatic rings. The molecule has 2 heterocycles. The van der Waals surface area contributed by atoms with Gasteiger partial charge >= 0.3 is 18.0 Å². The number of likely N-dealkylation sites (tertiary alicyclic amines) is 2.